The first-order valence-electron chi connectivity index (χ1n) is 7.26. The molecule has 0 unspecified atom stereocenters. The molecule has 0 saturated carbocycles. The summed E-state index contributed by atoms with van der Waals surface area (Å²) in [6.45, 7) is 3.20. The zero-order chi connectivity index (χ0) is 15.5. The molecule has 1 saturated heterocycles. The zero-order valence-corrected chi connectivity index (χ0v) is 13.8. The van der Waals surface area contributed by atoms with Crippen molar-refractivity contribution in [2.24, 2.45) is 0 Å². The van der Waals surface area contributed by atoms with E-state index >= 15 is 0 Å². The van der Waals surface area contributed by atoms with Gasteiger partial charge in [-0.05, 0) is 31.9 Å². The van der Waals surface area contributed by atoms with Gasteiger partial charge >= 0.3 is 0 Å². The second-order valence-corrected chi connectivity index (χ2v) is 6.72. The van der Waals surface area contributed by atoms with Crippen molar-refractivity contribution in [1.29, 1.82) is 0 Å². The molecular weight excluding hydrogens is 320 g/mol. The second kappa shape index (κ2) is 6.77. The van der Waals surface area contributed by atoms with E-state index in [0.29, 0.717) is 16.4 Å². The molecule has 0 aliphatic carbocycles. The van der Waals surface area contributed by atoms with Crippen LogP contribution >= 0.6 is 22.9 Å². The molecule has 0 bridgehead atoms. The van der Waals surface area contributed by atoms with E-state index in [2.05, 4.69) is 10.3 Å². The lowest BCUT2D eigenvalue weighted by atomic mass is 10.2. The summed E-state index contributed by atoms with van der Waals surface area (Å²) >= 11 is 7.40. The van der Waals surface area contributed by atoms with E-state index in [1.54, 1.807) is 0 Å². The minimum atomic E-state index is -0.0845. The first-order valence-corrected chi connectivity index (χ1v) is 8.46. The van der Waals surface area contributed by atoms with Gasteiger partial charge in [0, 0.05) is 23.7 Å². The van der Waals surface area contributed by atoms with Crippen molar-refractivity contribution in [3.8, 4) is 10.6 Å². The summed E-state index contributed by atoms with van der Waals surface area (Å²) in [5.74, 6) is -0.0845. The number of amides is 1. The van der Waals surface area contributed by atoms with E-state index in [4.69, 9.17) is 16.3 Å². The lowest BCUT2D eigenvalue weighted by Crippen LogP contribution is -2.31. The summed E-state index contributed by atoms with van der Waals surface area (Å²) in [4.78, 5) is 17.4. The molecule has 2 heterocycles. The number of aromatic nitrogens is 1. The van der Waals surface area contributed by atoms with Gasteiger partial charge in [-0.3, -0.25) is 4.79 Å². The van der Waals surface area contributed by atoms with Crippen LogP contribution in [0, 0.1) is 6.92 Å². The maximum absolute atomic E-state index is 12.3. The standard InChI is InChI=1S/C16H17ClN2O2S/c1-10-14(15(20)18-9-13-6-3-7-21-13)22-16(19-10)11-4-2-5-12(17)8-11/h2,4-5,8,13H,3,6-7,9H2,1H3,(H,18,20)/t13-/m1/s1. The maximum atomic E-state index is 12.3. The van der Waals surface area contributed by atoms with Gasteiger partial charge in [-0.15, -0.1) is 11.3 Å². The van der Waals surface area contributed by atoms with Crippen molar-refractivity contribution < 1.29 is 9.53 Å². The number of nitrogens with one attached hydrogen (secondary N) is 1. The predicted molar refractivity (Wildman–Crippen MR) is 88.6 cm³/mol. The van der Waals surface area contributed by atoms with Crippen LogP contribution in [0.1, 0.15) is 28.2 Å². The molecule has 1 N–H and O–H groups in total. The number of benzene rings is 1. The molecule has 0 spiro atoms. The van der Waals surface area contributed by atoms with Gasteiger partial charge in [0.15, 0.2) is 0 Å². The first kappa shape index (κ1) is 15.5. The molecule has 6 heteroatoms. The Balaban J connectivity index is 1.72. The van der Waals surface area contributed by atoms with Crippen LogP contribution in [0.15, 0.2) is 24.3 Å². The topological polar surface area (TPSA) is 51.2 Å². The fourth-order valence-corrected chi connectivity index (χ4v) is 3.61. The summed E-state index contributed by atoms with van der Waals surface area (Å²) in [6, 6.07) is 7.50. The molecule has 4 nitrogen and oxygen atoms in total. The van der Waals surface area contributed by atoms with Crippen molar-refractivity contribution in [3.63, 3.8) is 0 Å². The van der Waals surface area contributed by atoms with Crippen LogP contribution in [-0.2, 0) is 4.74 Å². The summed E-state index contributed by atoms with van der Waals surface area (Å²) < 4.78 is 5.52. The maximum Gasteiger partial charge on any atom is 0.263 e. The number of halogens is 1. The molecule has 3 rings (SSSR count). The quantitative estimate of drug-likeness (QED) is 0.926. The molecule has 2 aromatic rings. The highest BCUT2D eigenvalue weighted by atomic mass is 35.5. The van der Waals surface area contributed by atoms with E-state index < -0.39 is 0 Å². The van der Waals surface area contributed by atoms with E-state index in [9.17, 15) is 4.79 Å². The molecule has 1 fully saturated rings. The lowest BCUT2D eigenvalue weighted by molar-refractivity contribution is 0.0860. The molecule has 1 amide bonds. The van der Waals surface area contributed by atoms with Crippen LogP contribution in [0.2, 0.25) is 5.02 Å². The van der Waals surface area contributed by atoms with Crippen LogP contribution in [0.4, 0.5) is 0 Å². The monoisotopic (exact) mass is 336 g/mol. The van der Waals surface area contributed by atoms with Crippen LogP contribution in [0.25, 0.3) is 10.6 Å². The Bertz CT molecular complexity index is 681. The Morgan fingerprint density at radius 3 is 3.14 bits per heavy atom. The number of nitrogens with zero attached hydrogens (tertiary/aromatic N) is 1. The highest BCUT2D eigenvalue weighted by molar-refractivity contribution is 7.17. The van der Waals surface area contributed by atoms with Crippen molar-refractivity contribution in [3.05, 3.63) is 39.9 Å². The Labute approximate surface area is 138 Å². The highest BCUT2D eigenvalue weighted by Gasteiger charge is 2.20. The average molecular weight is 337 g/mol. The van der Waals surface area contributed by atoms with Gasteiger partial charge in [-0.1, -0.05) is 23.7 Å². The van der Waals surface area contributed by atoms with Crippen molar-refractivity contribution in [1.82, 2.24) is 10.3 Å². The Morgan fingerprint density at radius 2 is 2.41 bits per heavy atom. The number of aryl methyl sites for hydroxylation is 1. The van der Waals surface area contributed by atoms with E-state index in [1.807, 2.05) is 31.2 Å². The van der Waals surface area contributed by atoms with Crippen LogP contribution < -0.4 is 5.32 Å². The van der Waals surface area contributed by atoms with E-state index in [0.717, 1.165) is 35.7 Å². The lowest BCUT2D eigenvalue weighted by Gasteiger charge is -2.09. The SMILES string of the molecule is Cc1nc(-c2cccc(Cl)c2)sc1C(=O)NC[C@H]1CCCO1. The molecule has 1 aromatic carbocycles. The molecule has 1 aromatic heterocycles. The third-order valence-corrected chi connectivity index (χ3v) is 5.03. The number of carbonyl (C=O) groups is 1. The average Bonchev–Trinajstić information content (AvgIpc) is 3.14. The Morgan fingerprint density at radius 1 is 1.55 bits per heavy atom. The Hall–Kier alpha value is -1.43. The van der Waals surface area contributed by atoms with Gasteiger partial charge in [0.25, 0.3) is 5.91 Å². The van der Waals surface area contributed by atoms with Crippen LogP contribution in [0.3, 0.4) is 0 Å². The smallest absolute Gasteiger partial charge is 0.263 e. The number of ether oxygens (including phenoxy) is 1. The second-order valence-electron chi connectivity index (χ2n) is 5.29. The number of thiazole rings is 1. The fourth-order valence-electron chi connectivity index (χ4n) is 2.44. The largest absolute Gasteiger partial charge is 0.376 e. The molecule has 116 valence electrons. The third-order valence-electron chi connectivity index (χ3n) is 3.59. The highest BCUT2D eigenvalue weighted by Crippen LogP contribution is 2.29. The first-order chi connectivity index (χ1) is 10.6. The van der Waals surface area contributed by atoms with Gasteiger partial charge in [-0.25, -0.2) is 4.98 Å². The summed E-state index contributed by atoms with van der Waals surface area (Å²) in [7, 11) is 0. The molecule has 0 radical (unpaired) electrons. The van der Waals surface area contributed by atoms with Gasteiger partial charge < -0.3 is 10.1 Å². The van der Waals surface area contributed by atoms with Crippen LogP contribution in [0.5, 0.6) is 0 Å². The molecule has 1 atom stereocenters. The van der Waals surface area contributed by atoms with E-state index in [1.165, 1.54) is 11.3 Å². The minimum absolute atomic E-state index is 0.0845. The van der Waals surface area contributed by atoms with Gasteiger partial charge in [0.2, 0.25) is 0 Å². The molecular formula is C16H17ClN2O2S. The number of hydrogen-bond acceptors (Lipinski definition) is 4. The number of hydrogen-bond donors (Lipinski definition) is 1. The van der Waals surface area contributed by atoms with Crippen LogP contribution in [-0.4, -0.2) is 30.1 Å². The molecule has 1 aliphatic rings. The van der Waals surface area contributed by atoms with E-state index in [-0.39, 0.29) is 12.0 Å². The van der Waals surface area contributed by atoms with Crippen molar-refractivity contribution in [2.45, 2.75) is 25.9 Å². The number of carbonyl (C=O) groups excluding carboxylic acids is 1. The third kappa shape index (κ3) is 3.48. The fraction of sp³-hybridized carbons (Fsp3) is 0.375. The summed E-state index contributed by atoms with van der Waals surface area (Å²) in [5, 5.41) is 4.41. The molecule has 22 heavy (non-hydrogen) atoms. The normalized spacial score (nSPS) is 17.6. The molecule has 1 aliphatic heterocycles. The van der Waals surface area contributed by atoms with Crippen molar-refractivity contribution >= 4 is 28.8 Å². The minimum Gasteiger partial charge on any atom is -0.376 e. The van der Waals surface area contributed by atoms with Gasteiger partial charge in [0.1, 0.15) is 9.88 Å². The number of rotatable bonds is 4. The van der Waals surface area contributed by atoms with Gasteiger partial charge in [-0.2, -0.15) is 0 Å². The summed E-state index contributed by atoms with van der Waals surface area (Å²) in [6.07, 6.45) is 2.22. The van der Waals surface area contributed by atoms with Crippen molar-refractivity contribution in [2.75, 3.05) is 13.2 Å². The van der Waals surface area contributed by atoms with Gasteiger partial charge in [0.05, 0.1) is 11.8 Å². The zero-order valence-electron chi connectivity index (χ0n) is 12.3. The summed E-state index contributed by atoms with van der Waals surface area (Å²) in [5.41, 5.74) is 1.67. The predicted octanol–water partition coefficient (Wildman–Crippen LogP) is 3.68. The Kier molecular flexibility index (Phi) is 4.76.